The maximum Gasteiger partial charge on any atom is 0.460 e. The number of hydrogen-bond donors (Lipinski definition) is 0. The SMILES string of the molecule is O=C(c1nc2c(=O)c3cc4c(cc3c2s1)c(=O)c1nc(C(=O)C(F)(F)C(F)(F)C(F)(F)F)sc14)C(F)(F)C(F)(F)C(F)(F)F. The van der Waals surface area contributed by atoms with Gasteiger partial charge >= 0.3 is 36.0 Å². The summed E-state index contributed by atoms with van der Waals surface area (Å²) >= 11 is -0.403. The number of alkyl halides is 14. The molecule has 44 heavy (non-hydrogen) atoms. The molecule has 5 rings (SSSR count). The third kappa shape index (κ3) is 3.91. The van der Waals surface area contributed by atoms with Gasteiger partial charge in [-0.25, -0.2) is 9.97 Å². The number of carbonyl (C=O) groups excluding carboxylic acids is 2. The number of Topliss-reactive ketones (excluding diaryl/α,β-unsaturated/α-hetero) is 2. The molecule has 5 aromatic rings. The minimum atomic E-state index is -6.86. The predicted octanol–water partition coefficient (Wildman–Crippen LogP) is 6.84. The minimum Gasteiger partial charge on any atom is -0.287 e. The molecule has 3 aromatic carbocycles. The first-order valence-corrected chi connectivity index (χ1v) is 12.5. The summed E-state index contributed by atoms with van der Waals surface area (Å²) < 4.78 is 183. The molecule has 0 aliphatic carbocycles. The number of benzene rings is 1. The Bertz CT molecular complexity index is 2000. The van der Waals surface area contributed by atoms with Crippen molar-refractivity contribution >= 4 is 76.2 Å². The molecular formula is C22H2F14N2O4S2. The largest absolute Gasteiger partial charge is 0.460 e. The molecule has 0 N–H and O–H groups in total. The van der Waals surface area contributed by atoms with E-state index in [1.165, 1.54) is 0 Å². The second-order valence-electron chi connectivity index (χ2n) is 8.95. The van der Waals surface area contributed by atoms with Crippen LogP contribution in [0.25, 0.3) is 42.0 Å². The Hall–Kier alpha value is -3.82. The van der Waals surface area contributed by atoms with E-state index in [1.54, 1.807) is 0 Å². The Balaban J connectivity index is 1.64. The Morgan fingerprint density at radius 2 is 0.818 bits per heavy atom. The number of thiazole rings is 2. The van der Waals surface area contributed by atoms with E-state index in [4.69, 9.17) is 0 Å². The van der Waals surface area contributed by atoms with Gasteiger partial charge in [-0.3, -0.25) is 19.2 Å². The lowest BCUT2D eigenvalue weighted by atomic mass is 10.1. The highest BCUT2D eigenvalue weighted by Gasteiger charge is 2.77. The van der Waals surface area contributed by atoms with Gasteiger partial charge in [0, 0.05) is 21.5 Å². The molecule has 234 valence electrons. The molecule has 0 amide bonds. The van der Waals surface area contributed by atoms with Crippen LogP contribution >= 0.6 is 22.7 Å². The molecule has 0 unspecified atom stereocenters. The summed E-state index contributed by atoms with van der Waals surface area (Å²) in [6.07, 6.45) is -13.7. The second-order valence-corrected chi connectivity index (χ2v) is 10.9. The number of nitrogens with zero attached hydrogens (tertiary/aromatic N) is 2. The molecule has 0 saturated carbocycles. The Labute approximate surface area is 236 Å². The van der Waals surface area contributed by atoms with Crippen molar-refractivity contribution in [2.45, 2.75) is 36.0 Å². The first-order valence-electron chi connectivity index (χ1n) is 10.8. The van der Waals surface area contributed by atoms with Crippen molar-refractivity contribution in [1.29, 1.82) is 0 Å². The van der Waals surface area contributed by atoms with Crippen molar-refractivity contribution < 1.29 is 71.1 Å². The molecule has 0 fully saturated rings. The van der Waals surface area contributed by atoms with Crippen LogP contribution in [0.5, 0.6) is 0 Å². The fourth-order valence-corrected chi connectivity index (χ4v) is 6.15. The lowest BCUT2D eigenvalue weighted by Crippen LogP contribution is -2.56. The van der Waals surface area contributed by atoms with Crippen LogP contribution in [0.1, 0.15) is 19.6 Å². The molecular weight excluding hydrogens is 686 g/mol. The normalized spacial score (nSPS) is 14.5. The van der Waals surface area contributed by atoms with Gasteiger partial charge < -0.3 is 0 Å². The zero-order chi connectivity index (χ0) is 33.3. The van der Waals surface area contributed by atoms with Crippen molar-refractivity contribution in [2.75, 3.05) is 0 Å². The second kappa shape index (κ2) is 8.88. The number of rotatable bonds is 6. The molecule has 0 bridgehead atoms. The number of carbonyl (C=O) groups is 2. The van der Waals surface area contributed by atoms with Crippen molar-refractivity contribution in [2.24, 2.45) is 0 Å². The number of hydrogen-bond acceptors (Lipinski definition) is 8. The monoisotopic (exact) mass is 688 g/mol. The topological polar surface area (TPSA) is 94.1 Å². The fourth-order valence-electron chi connectivity index (χ4n) is 4.02. The molecule has 6 nitrogen and oxygen atoms in total. The maximum atomic E-state index is 13.9. The van der Waals surface area contributed by atoms with E-state index in [0.29, 0.717) is 0 Å². The third-order valence-corrected chi connectivity index (χ3v) is 8.46. The lowest BCUT2D eigenvalue weighted by molar-refractivity contribution is -0.339. The van der Waals surface area contributed by atoms with Gasteiger partial charge in [-0.1, -0.05) is 0 Å². The summed E-state index contributed by atoms with van der Waals surface area (Å²) in [5, 5.41) is -4.95. The Morgan fingerprint density at radius 3 is 1.09 bits per heavy atom. The van der Waals surface area contributed by atoms with Crippen molar-refractivity contribution in [1.82, 2.24) is 9.97 Å². The summed E-state index contributed by atoms with van der Waals surface area (Å²) in [6.45, 7) is 0. The molecule has 0 aliphatic heterocycles. The van der Waals surface area contributed by atoms with Crippen molar-refractivity contribution in [3.8, 4) is 0 Å². The van der Waals surface area contributed by atoms with Crippen LogP contribution in [0.15, 0.2) is 21.7 Å². The van der Waals surface area contributed by atoms with E-state index in [0.717, 1.165) is 12.1 Å². The van der Waals surface area contributed by atoms with Gasteiger partial charge in [0.1, 0.15) is 11.0 Å². The van der Waals surface area contributed by atoms with Gasteiger partial charge in [0.2, 0.25) is 10.9 Å². The summed E-state index contributed by atoms with van der Waals surface area (Å²) in [5.41, 5.74) is -4.27. The van der Waals surface area contributed by atoms with Gasteiger partial charge in [-0.05, 0) is 12.1 Å². The van der Waals surface area contributed by atoms with E-state index < -0.39 is 99.7 Å². The highest BCUT2D eigenvalue weighted by atomic mass is 32.1. The quantitative estimate of drug-likeness (QED) is 0.143. The van der Waals surface area contributed by atoms with Gasteiger partial charge in [0.05, 0.1) is 9.40 Å². The average molecular weight is 688 g/mol. The van der Waals surface area contributed by atoms with E-state index in [2.05, 4.69) is 9.97 Å². The van der Waals surface area contributed by atoms with Crippen LogP contribution in [0, 0.1) is 0 Å². The van der Waals surface area contributed by atoms with Gasteiger partial charge in [0.25, 0.3) is 11.6 Å². The third-order valence-electron chi connectivity index (χ3n) is 6.28. The van der Waals surface area contributed by atoms with Crippen LogP contribution in [0.2, 0.25) is 0 Å². The number of ketones is 2. The summed E-state index contributed by atoms with van der Waals surface area (Å²) in [5.74, 6) is -32.5. The summed E-state index contributed by atoms with van der Waals surface area (Å²) in [4.78, 5) is 56.0. The highest BCUT2D eigenvalue weighted by molar-refractivity contribution is 7.22. The predicted molar refractivity (Wildman–Crippen MR) is 123 cm³/mol. The zero-order valence-electron chi connectivity index (χ0n) is 19.8. The Kier molecular flexibility index (Phi) is 6.38. The van der Waals surface area contributed by atoms with Crippen LogP contribution in [-0.4, -0.2) is 57.6 Å². The molecule has 22 heteroatoms. The van der Waals surface area contributed by atoms with Crippen LogP contribution < -0.4 is 10.9 Å². The number of aromatic nitrogens is 2. The molecule has 0 aliphatic rings. The standard InChI is InChI=1S/C22H2F14N2O4S2/c23-17(24,19(27,28)21(31,32)33)13(41)15-38-8-10(40)4-2-6-3(1-5(4)11(8)43-15)9(39)7-12(6)44-16(37-7)14(42)18(25,26)20(29,30)22(34,35)36/h1-2H. The van der Waals surface area contributed by atoms with Crippen molar-refractivity contribution in [3.63, 3.8) is 0 Å². The molecule has 0 spiro atoms. The van der Waals surface area contributed by atoms with E-state index >= 15 is 0 Å². The fraction of sp³-hybridized carbons (Fsp3) is 0.273. The smallest absolute Gasteiger partial charge is 0.287 e. The molecule has 2 aromatic heterocycles. The molecule has 0 atom stereocenters. The van der Waals surface area contributed by atoms with Crippen LogP contribution in [0.4, 0.5) is 61.5 Å². The molecule has 0 saturated heterocycles. The summed E-state index contributed by atoms with van der Waals surface area (Å²) in [6, 6.07) is 1.63. The number of halogens is 14. The van der Waals surface area contributed by atoms with Gasteiger partial charge in [-0.15, -0.1) is 22.7 Å². The first-order chi connectivity index (χ1) is 19.8. The maximum absolute atomic E-state index is 13.9. The van der Waals surface area contributed by atoms with Gasteiger partial charge in [0.15, 0.2) is 10.0 Å². The zero-order valence-corrected chi connectivity index (χ0v) is 21.4. The van der Waals surface area contributed by atoms with E-state index in [9.17, 15) is 80.6 Å². The first kappa shape index (κ1) is 31.6. The van der Waals surface area contributed by atoms with E-state index in [1.807, 2.05) is 0 Å². The lowest BCUT2D eigenvalue weighted by Gasteiger charge is -2.26. The van der Waals surface area contributed by atoms with Crippen molar-refractivity contribution in [3.05, 3.63) is 42.6 Å². The van der Waals surface area contributed by atoms with Crippen LogP contribution in [0.3, 0.4) is 0 Å². The molecule has 0 radical (unpaired) electrons. The summed E-state index contributed by atoms with van der Waals surface area (Å²) in [7, 11) is 0. The molecule has 2 heterocycles. The van der Waals surface area contributed by atoms with E-state index in [-0.39, 0.29) is 33.4 Å². The van der Waals surface area contributed by atoms with Gasteiger partial charge in [-0.2, -0.15) is 61.5 Å². The Morgan fingerprint density at radius 1 is 0.523 bits per heavy atom. The average Bonchev–Trinajstić information content (AvgIpc) is 3.63. The van der Waals surface area contributed by atoms with Crippen LogP contribution in [-0.2, 0) is 0 Å². The minimum absolute atomic E-state index is 0.201. The number of fused-ring (bicyclic) bond motifs is 6. The highest BCUT2D eigenvalue weighted by Crippen LogP contribution is 2.50.